The molecule has 0 radical (unpaired) electrons. The molecule has 1 unspecified atom stereocenters. The highest BCUT2D eigenvalue weighted by molar-refractivity contribution is 5.92. The molecule has 1 heterocycles. The molecule has 0 spiro atoms. The Kier molecular flexibility index (Phi) is 3.65. The van der Waals surface area contributed by atoms with Gasteiger partial charge in [-0.3, -0.25) is 9.59 Å². The van der Waals surface area contributed by atoms with Crippen LogP contribution >= 0.6 is 0 Å². The Balaban J connectivity index is 2.41. The van der Waals surface area contributed by atoms with E-state index < -0.39 is 5.97 Å². The van der Waals surface area contributed by atoms with Crippen molar-refractivity contribution in [2.75, 3.05) is 11.4 Å². The Morgan fingerprint density at radius 3 is 2.78 bits per heavy atom. The zero-order chi connectivity index (χ0) is 13.1. The van der Waals surface area contributed by atoms with E-state index in [0.29, 0.717) is 6.54 Å². The molecule has 1 aromatic carbocycles. The molecule has 4 heteroatoms. The maximum atomic E-state index is 11.7. The van der Waals surface area contributed by atoms with Gasteiger partial charge in [0.25, 0.3) is 0 Å². The lowest BCUT2D eigenvalue weighted by Gasteiger charge is -2.22. The van der Waals surface area contributed by atoms with Crippen LogP contribution in [0.5, 0.6) is 0 Å². The molecule has 0 aromatic heterocycles. The van der Waals surface area contributed by atoms with Crippen LogP contribution in [0.25, 0.3) is 0 Å². The number of carbonyl (C=O) groups excluding carboxylic acids is 1. The largest absolute Gasteiger partial charge is 0.481 e. The predicted molar refractivity (Wildman–Crippen MR) is 68.7 cm³/mol. The number of carboxylic acid groups (broad SMARTS) is 1. The van der Waals surface area contributed by atoms with E-state index in [0.717, 1.165) is 24.1 Å². The second-order valence-electron chi connectivity index (χ2n) is 4.67. The molecule has 1 aliphatic rings. The molecule has 1 amide bonds. The summed E-state index contributed by atoms with van der Waals surface area (Å²) in [5.74, 6) is -0.771. The molecule has 18 heavy (non-hydrogen) atoms. The highest BCUT2D eigenvalue weighted by Gasteiger charge is 2.25. The van der Waals surface area contributed by atoms with E-state index in [9.17, 15) is 9.59 Å². The zero-order valence-corrected chi connectivity index (χ0v) is 10.4. The third kappa shape index (κ3) is 2.53. The summed E-state index contributed by atoms with van der Waals surface area (Å²) in [6.45, 7) is 2.22. The zero-order valence-electron chi connectivity index (χ0n) is 10.4. The monoisotopic (exact) mass is 247 g/mol. The van der Waals surface area contributed by atoms with Crippen LogP contribution in [0.15, 0.2) is 24.3 Å². The fourth-order valence-electron chi connectivity index (χ4n) is 2.60. The first-order valence-electron chi connectivity index (χ1n) is 6.18. The molecule has 2 rings (SSSR count). The summed E-state index contributed by atoms with van der Waals surface area (Å²) >= 11 is 0. The van der Waals surface area contributed by atoms with Crippen molar-refractivity contribution in [1.82, 2.24) is 0 Å². The van der Waals surface area contributed by atoms with Crippen LogP contribution in [0.3, 0.4) is 0 Å². The van der Waals surface area contributed by atoms with Gasteiger partial charge in [0.05, 0.1) is 6.42 Å². The van der Waals surface area contributed by atoms with Crippen LogP contribution in [0, 0.1) is 0 Å². The molecule has 0 saturated heterocycles. The lowest BCUT2D eigenvalue weighted by atomic mass is 9.91. The van der Waals surface area contributed by atoms with Crippen molar-refractivity contribution < 1.29 is 14.7 Å². The maximum absolute atomic E-state index is 11.7. The highest BCUT2D eigenvalue weighted by atomic mass is 16.4. The minimum atomic E-state index is -0.786. The van der Waals surface area contributed by atoms with Crippen LogP contribution in [0.2, 0.25) is 0 Å². The lowest BCUT2D eigenvalue weighted by molar-refractivity contribution is -0.137. The molecular formula is C14H17NO3. The van der Waals surface area contributed by atoms with Crippen LogP contribution in [0.1, 0.15) is 37.7 Å². The van der Waals surface area contributed by atoms with E-state index in [1.807, 2.05) is 24.3 Å². The maximum Gasteiger partial charge on any atom is 0.303 e. The Bertz CT molecular complexity index is 470. The van der Waals surface area contributed by atoms with Gasteiger partial charge in [0.1, 0.15) is 0 Å². The van der Waals surface area contributed by atoms with Crippen molar-refractivity contribution in [1.29, 1.82) is 0 Å². The van der Waals surface area contributed by atoms with Gasteiger partial charge in [-0.2, -0.15) is 0 Å². The van der Waals surface area contributed by atoms with Crippen molar-refractivity contribution in [2.24, 2.45) is 0 Å². The third-order valence-corrected chi connectivity index (χ3v) is 3.40. The van der Waals surface area contributed by atoms with Gasteiger partial charge in [-0.05, 0) is 30.4 Å². The summed E-state index contributed by atoms with van der Waals surface area (Å²) in [6, 6.07) is 7.62. The number of rotatable bonds is 2. The topological polar surface area (TPSA) is 57.6 Å². The second kappa shape index (κ2) is 5.21. The number of aliphatic carboxylic acids is 1. The number of carboxylic acids is 1. The standard InChI is InChI=1S/C14H17NO3/c1-10(16)15-8-4-5-11(9-14(17)18)12-6-2-3-7-13(12)15/h2-3,6-7,11H,4-5,8-9H2,1H3,(H,17,18). The van der Waals surface area contributed by atoms with Gasteiger partial charge in [0.15, 0.2) is 0 Å². The summed E-state index contributed by atoms with van der Waals surface area (Å²) in [5, 5.41) is 8.98. The van der Waals surface area contributed by atoms with Gasteiger partial charge in [-0.1, -0.05) is 18.2 Å². The SMILES string of the molecule is CC(=O)N1CCCC(CC(=O)O)c2ccccc21. The number of benzene rings is 1. The molecule has 0 saturated carbocycles. The van der Waals surface area contributed by atoms with Crippen LogP contribution < -0.4 is 4.90 Å². The van der Waals surface area contributed by atoms with Gasteiger partial charge in [0, 0.05) is 19.2 Å². The lowest BCUT2D eigenvalue weighted by Crippen LogP contribution is -2.29. The van der Waals surface area contributed by atoms with Crippen molar-refractivity contribution >= 4 is 17.6 Å². The minimum Gasteiger partial charge on any atom is -0.481 e. The number of para-hydroxylation sites is 1. The number of anilines is 1. The number of amides is 1. The Hall–Kier alpha value is -1.84. The molecule has 0 fully saturated rings. The van der Waals surface area contributed by atoms with Gasteiger partial charge in [-0.25, -0.2) is 0 Å². The summed E-state index contributed by atoms with van der Waals surface area (Å²) in [6.07, 6.45) is 1.78. The van der Waals surface area contributed by atoms with Crippen molar-refractivity contribution in [3.63, 3.8) is 0 Å². The quantitative estimate of drug-likeness (QED) is 0.873. The first-order valence-corrected chi connectivity index (χ1v) is 6.18. The number of hydrogen-bond acceptors (Lipinski definition) is 2. The van der Waals surface area contributed by atoms with Gasteiger partial charge >= 0.3 is 5.97 Å². The molecule has 96 valence electrons. The second-order valence-corrected chi connectivity index (χ2v) is 4.67. The number of fused-ring (bicyclic) bond motifs is 1. The van der Waals surface area contributed by atoms with Crippen LogP contribution in [0.4, 0.5) is 5.69 Å². The molecule has 1 N–H and O–H groups in total. The first kappa shape index (κ1) is 12.6. The summed E-state index contributed by atoms with van der Waals surface area (Å²) in [5.41, 5.74) is 1.85. The third-order valence-electron chi connectivity index (χ3n) is 3.40. The Labute approximate surface area is 106 Å². The molecular weight excluding hydrogens is 230 g/mol. The fourth-order valence-corrected chi connectivity index (χ4v) is 2.60. The van der Waals surface area contributed by atoms with Gasteiger partial charge in [0.2, 0.25) is 5.91 Å². The Morgan fingerprint density at radius 2 is 2.11 bits per heavy atom. The number of hydrogen-bond donors (Lipinski definition) is 1. The van der Waals surface area contributed by atoms with Crippen molar-refractivity contribution in [2.45, 2.75) is 32.1 Å². The molecule has 0 aliphatic carbocycles. The smallest absolute Gasteiger partial charge is 0.303 e. The summed E-state index contributed by atoms with van der Waals surface area (Å²) in [4.78, 5) is 24.3. The van der Waals surface area contributed by atoms with E-state index in [2.05, 4.69) is 0 Å². The van der Waals surface area contributed by atoms with Gasteiger partial charge in [-0.15, -0.1) is 0 Å². The van der Waals surface area contributed by atoms with E-state index >= 15 is 0 Å². The number of carbonyl (C=O) groups is 2. The molecule has 1 atom stereocenters. The van der Waals surface area contributed by atoms with Crippen LogP contribution in [-0.2, 0) is 9.59 Å². The Morgan fingerprint density at radius 1 is 1.39 bits per heavy atom. The molecule has 1 aromatic rings. The van der Waals surface area contributed by atoms with Gasteiger partial charge < -0.3 is 10.0 Å². The summed E-state index contributed by atoms with van der Waals surface area (Å²) < 4.78 is 0. The van der Waals surface area contributed by atoms with Crippen molar-refractivity contribution in [3.8, 4) is 0 Å². The summed E-state index contributed by atoms with van der Waals surface area (Å²) in [7, 11) is 0. The van der Waals surface area contributed by atoms with Crippen molar-refractivity contribution in [3.05, 3.63) is 29.8 Å². The van der Waals surface area contributed by atoms with E-state index in [1.54, 1.807) is 11.8 Å². The predicted octanol–water partition coefficient (Wildman–Crippen LogP) is 2.39. The highest BCUT2D eigenvalue weighted by Crippen LogP contribution is 2.36. The first-order chi connectivity index (χ1) is 8.59. The fraction of sp³-hybridized carbons (Fsp3) is 0.429. The van der Waals surface area contributed by atoms with E-state index in [4.69, 9.17) is 5.11 Å². The molecule has 0 bridgehead atoms. The average molecular weight is 247 g/mol. The van der Waals surface area contributed by atoms with E-state index in [-0.39, 0.29) is 18.2 Å². The molecule has 1 aliphatic heterocycles. The van der Waals surface area contributed by atoms with E-state index in [1.165, 1.54) is 0 Å². The normalized spacial score (nSPS) is 18.9. The minimum absolute atomic E-state index is 0.00282. The average Bonchev–Trinajstić information content (AvgIpc) is 2.49. The van der Waals surface area contributed by atoms with Crippen LogP contribution in [-0.4, -0.2) is 23.5 Å². The molecule has 4 nitrogen and oxygen atoms in total. The number of nitrogens with zero attached hydrogens (tertiary/aromatic N) is 1.